The van der Waals surface area contributed by atoms with Gasteiger partial charge in [0.15, 0.2) is 0 Å². The number of nitrogens with one attached hydrogen (secondary N) is 1. The molecule has 2 saturated carbocycles. The van der Waals surface area contributed by atoms with Crippen molar-refractivity contribution in [1.29, 1.82) is 0 Å². The second-order valence-corrected chi connectivity index (χ2v) is 6.93. The zero-order valence-electron chi connectivity index (χ0n) is 12.8. The lowest BCUT2D eigenvalue weighted by molar-refractivity contribution is 0.195. The summed E-state index contributed by atoms with van der Waals surface area (Å²) in [5, 5.41) is 3.45. The first kappa shape index (κ1) is 13.9. The van der Waals surface area contributed by atoms with E-state index in [9.17, 15) is 0 Å². The molecule has 3 atom stereocenters. The molecule has 1 N–H and O–H groups in total. The highest BCUT2D eigenvalue weighted by Gasteiger charge is 2.39. The molecule has 1 aromatic rings. The molecule has 2 aliphatic rings. The second kappa shape index (κ2) is 6.17. The summed E-state index contributed by atoms with van der Waals surface area (Å²) >= 11 is 0. The molecule has 2 nitrogen and oxygen atoms in total. The van der Waals surface area contributed by atoms with Crippen LogP contribution in [0.5, 0.6) is 5.75 Å². The highest BCUT2D eigenvalue weighted by atomic mass is 16.5. The van der Waals surface area contributed by atoms with Crippen molar-refractivity contribution >= 4 is 0 Å². The van der Waals surface area contributed by atoms with Gasteiger partial charge in [-0.1, -0.05) is 32.4 Å². The molecule has 0 radical (unpaired) electrons. The van der Waals surface area contributed by atoms with E-state index in [-0.39, 0.29) is 0 Å². The first-order valence-corrected chi connectivity index (χ1v) is 8.16. The molecule has 2 fully saturated rings. The van der Waals surface area contributed by atoms with Crippen LogP contribution in [0, 0.1) is 17.8 Å². The summed E-state index contributed by atoms with van der Waals surface area (Å²) in [5.74, 6) is 3.81. The van der Waals surface area contributed by atoms with Crippen LogP contribution in [0.15, 0.2) is 24.3 Å². The van der Waals surface area contributed by atoms with Gasteiger partial charge in [-0.15, -0.1) is 0 Å². The fourth-order valence-corrected chi connectivity index (χ4v) is 3.85. The molecule has 0 aliphatic heterocycles. The Morgan fingerprint density at radius 3 is 2.85 bits per heavy atom. The Balaban J connectivity index is 1.51. The summed E-state index contributed by atoms with van der Waals surface area (Å²) in [7, 11) is 0. The third kappa shape index (κ3) is 3.35. The van der Waals surface area contributed by atoms with Gasteiger partial charge in [0.1, 0.15) is 5.75 Å². The number of benzene rings is 1. The van der Waals surface area contributed by atoms with Crippen LogP contribution in [0.1, 0.15) is 45.1 Å². The standard InChI is InChI=1S/C18H27NO/c1-13(2)19-11-15-4-3-5-18(10-15)20-12-17-9-14-6-7-16(17)8-14/h3-5,10,13-14,16-17,19H,6-9,11-12H2,1-2H3. The van der Waals surface area contributed by atoms with Crippen molar-refractivity contribution in [1.82, 2.24) is 5.32 Å². The predicted molar refractivity (Wildman–Crippen MR) is 82.9 cm³/mol. The van der Waals surface area contributed by atoms with Gasteiger partial charge in [0.2, 0.25) is 0 Å². The highest BCUT2D eigenvalue weighted by molar-refractivity contribution is 5.28. The fraction of sp³-hybridized carbons (Fsp3) is 0.667. The van der Waals surface area contributed by atoms with Gasteiger partial charge in [-0.05, 0) is 54.7 Å². The summed E-state index contributed by atoms with van der Waals surface area (Å²) in [4.78, 5) is 0. The first-order chi connectivity index (χ1) is 9.70. The average molecular weight is 273 g/mol. The smallest absolute Gasteiger partial charge is 0.119 e. The van der Waals surface area contributed by atoms with Gasteiger partial charge in [-0.25, -0.2) is 0 Å². The van der Waals surface area contributed by atoms with Gasteiger partial charge in [0, 0.05) is 12.6 Å². The zero-order chi connectivity index (χ0) is 13.9. The third-order valence-corrected chi connectivity index (χ3v) is 4.96. The van der Waals surface area contributed by atoms with Gasteiger partial charge in [-0.2, -0.15) is 0 Å². The topological polar surface area (TPSA) is 21.3 Å². The molecule has 0 aromatic heterocycles. The summed E-state index contributed by atoms with van der Waals surface area (Å²) in [6.45, 7) is 6.19. The maximum absolute atomic E-state index is 6.06. The molecular formula is C18H27NO. The molecule has 2 bridgehead atoms. The maximum atomic E-state index is 6.06. The van der Waals surface area contributed by atoms with Crippen molar-refractivity contribution in [2.45, 2.75) is 52.1 Å². The molecule has 3 unspecified atom stereocenters. The molecule has 2 aliphatic carbocycles. The van der Waals surface area contributed by atoms with E-state index < -0.39 is 0 Å². The van der Waals surface area contributed by atoms with E-state index in [4.69, 9.17) is 4.74 Å². The Bertz CT molecular complexity index is 443. The van der Waals surface area contributed by atoms with E-state index in [0.29, 0.717) is 6.04 Å². The Kier molecular flexibility index (Phi) is 4.30. The Labute approximate surface area is 122 Å². The van der Waals surface area contributed by atoms with Gasteiger partial charge in [0.05, 0.1) is 6.61 Å². The average Bonchev–Trinajstić information content (AvgIpc) is 3.06. The van der Waals surface area contributed by atoms with Crippen molar-refractivity contribution in [3.8, 4) is 5.75 Å². The van der Waals surface area contributed by atoms with Crippen LogP contribution >= 0.6 is 0 Å². The van der Waals surface area contributed by atoms with Crippen molar-refractivity contribution in [2.75, 3.05) is 6.61 Å². The lowest BCUT2D eigenvalue weighted by Crippen LogP contribution is -2.22. The van der Waals surface area contributed by atoms with Crippen LogP contribution in [0.4, 0.5) is 0 Å². The molecule has 0 amide bonds. The number of hydrogen-bond donors (Lipinski definition) is 1. The maximum Gasteiger partial charge on any atom is 0.119 e. The second-order valence-electron chi connectivity index (χ2n) is 6.93. The Morgan fingerprint density at radius 2 is 2.15 bits per heavy atom. The van der Waals surface area contributed by atoms with Crippen LogP contribution < -0.4 is 10.1 Å². The van der Waals surface area contributed by atoms with Crippen LogP contribution in [-0.4, -0.2) is 12.6 Å². The predicted octanol–water partition coefficient (Wildman–Crippen LogP) is 4.00. The molecular weight excluding hydrogens is 246 g/mol. The fourth-order valence-electron chi connectivity index (χ4n) is 3.85. The summed E-state index contributed by atoms with van der Waals surface area (Å²) in [6.07, 6.45) is 5.78. The zero-order valence-corrected chi connectivity index (χ0v) is 12.8. The van der Waals surface area contributed by atoms with Crippen LogP contribution in [0.2, 0.25) is 0 Å². The Morgan fingerprint density at radius 1 is 1.25 bits per heavy atom. The van der Waals surface area contributed by atoms with Crippen molar-refractivity contribution < 1.29 is 4.74 Å². The third-order valence-electron chi connectivity index (χ3n) is 4.96. The van der Waals surface area contributed by atoms with Gasteiger partial charge >= 0.3 is 0 Å². The summed E-state index contributed by atoms with van der Waals surface area (Å²) < 4.78 is 6.06. The van der Waals surface area contributed by atoms with Crippen LogP contribution in [0.3, 0.4) is 0 Å². The molecule has 0 heterocycles. The number of ether oxygens (including phenoxy) is 1. The minimum Gasteiger partial charge on any atom is -0.493 e. The largest absolute Gasteiger partial charge is 0.493 e. The molecule has 2 heteroatoms. The number of hydrogen-bond acceptors (Lipinski definition) is 2. The molecule has 20 heavy (non-hydrogen) atoms. The lowest BCUT2D eigenvalue weighted by atomic mass is 9.89. The van der Waals surface area contributed by atoms with E-state index in [1.807, 2.05) is 0 Å². The minimum absolute atomic E-state index is 0.522. The quantitative estimate of drug-likeness (QED) is 0.846. The monoisotopic (exact) mass is 273 g/mol. The van der Waals surface area contributed by atoms with E-state index in [2.05, 4.69) is 43.4 Å². The SMILES string of the molecule is CC(C)NCc1cccc(OCC2CC3CCC2C3)c1. The summed E-state index contributed by atoms with van der Waals surface area (Å²) in [5.41, 5.74) is 1.31. The molecule has 3 rings (SSSR count). The van der Waals surface area contributed by atoms with E-state index >= 15 is 0 Å². The van der Waals surface area contributed by atoms with Gasteiger partial charge in [-0.3, -0.25) is 0 Å². The van der Waals surface area contributed by atoms with Crippen LogP contribution in [0.25, 0.3) is 0 Å². The normalized spacial score (nSPS) is 28.2. The van der Waals surface area contributed by atoms with E-state index in [0.717, 1.165) is 36.7 Å². The summed E-state index contributed by atoms with van der Waals surface area (Å²) in [6, 6.07) is 9.07. The lowest BCUT2D eigenvalue weighted by Gasteiger charge is -2.22. The van der Waals surface area contributed by atoms with Crippen molar-refractivity contribution in [3.05, 3.63) is 29.8 Å². The molecule has 1 aromatic carbocycles. The van der Waals surface area contributed by atoms with Crippen molar-refractivity contribution in [2.24, 2.45) is 17.8 Å². The number of rotatable bonds is 6. The molecule has 0 saturated heterocycles. The minimum atomic E-state index is 0.522. The Hall–Kier alpha value is -1.02. The van der Waals surface area contributed by atoms with Gasteiger partial charge < -0.3 is 10.1 Å². The van der Waals surface area contributed by atoms with Gasteiger partial charge in [0.25, 0.3) is 0 Å². The van der Waals surface area contributed by atoms with Crippen molar-refractivity contribution in [3.63, 3.8) is 0 Å². The first-order valence-electron chi connectivity index (χ1n) is 8.16. The highest BCUT2D eigenvalue weighted by Crippen LogP contribution is 2.48. The van der Waals surface area contributed by atoms with E-state index in [1.54, 1.807) is 0 Å². The molecule has 0 spiro atoms. The van der Waals surface area contributed by atoms with Crippen LogP contribution in [-0.2, 0) is 6.54 Å². The number of fused-ring (bicyclic) bond motifs is 2. The molecule has 110 valence electrons. The van der Waals surface area contributed by atoms with E-state index in [1.165, 1.54) is 31.2 Å².